The van der Waals surface area contributed by atoms with Crippen LogP contribution in [0.1, 0.15) is 77.9 Å². The Morgan fingerprint density at radius 3 is 0.990 bits per heavy atom. The number of anilines is 3. The van der Waals surface area contributed by atoms with Crippen LogP contribution in [0.25, 0.3) is 56.7 Å². The number of halogens is 2. The smallest absolute Gasteiger partial charge is 0.132 e. The van der Waals surface area contributed by atoms with Crippen molar-refractivity contribution in [3.05, 3.63) is 448 Å². The van der Waals surface area contributed by atoms with Gasteiger partial charge >= 0.3 is 0 Å². The van der Waals surface area contributed by atoms with Gasteiger partial charge in [-0.2, -0.15) is 0 Å². The highest BCUT2D eigenvalue weighted by Crippen LogP contribution is 2.64. The second-order valence-corrected chi connectivity index (χ2v) is 26.9. The first kappa shape index (κ1) is 61.0. The maximum Gasteiger partial charge on any atom is 0.132 e. The molecule has 0 radical (unpaired) electrons. The van der Waals surface area contributed by atoms with Gasteiger partial charge in [-0.05, 0) is 239 Å². The van der Waals surface area contributed by atoms with Crippen molar-refractivity contribution < 1.29 is 23.0 Å². The summed E-state index contributed by atoms with van der Waals surface area (Å²) in [6.45, 7) is 7.87. The fraction of sp³-hybridized carbons (Fsp3) is 0.0309. The molecule has 6 heteroatoms. The Bertz CT molecular complexity index is 5600. The van der Waals surface area contributed by atoms with E-state index in [1.807, 2.05) is 109 Å². The number of benzene rings is 15. The fourth-order valence-electron chi connectivity index (χ4n) is 17.2. The van der Waals surface area contributed by atoms with E-state index in [4.69, 9.17) is 14.2 Å². The van der Waals surface area contributed by atoms with E-state index in [1.54, 1.807) is 24.3 Å². The number of para-hydroxylation sites is 2. The van der Waals surface area contributed by atoms with Gasteiger partial charge in [0.15, 0.2) is 0 Å². The van der Waals surface area contributed by atoms with Gasteiger partial charge < -0.3 is 19.1 Å². The van der Waals surface area contributed by atoms with E-state index in [-0.39, 0.29) is 11.6 Å². The minimum Gasteiger partial charge on any atom is -0.457 e. The minimum absolute atomic E-state index is 0.321. The van der Waals surface area contributed by atoms with Crippen LogP contribution in [0.3, 0.4) is 0 Å². The SMILES string of the molecule is C=Cc1ccc(Oc2ccc(C3(c4ccc(F)cc4)c4ccccc4-c4ccc(N(c5ccc(-c6ccc7c(c6)C6(c8ccccc8Oc8ccccc86)c6ccccc6-7)cc5)c5ccc6c(c5)C(c5ccc(F)cc5)(c5ccc(Oc7ccc(C=C)cc7)cc5)c5ccccc5-6)cc43)cc2)cc1. The molecule has 15 aromatic rings. The molecule has 1 aliphatic heterocycles. The summed E-state index contributed by atoms with van der Waals surface area (Å²) < 4.78 is 50.8. The van der Waals surface area contributed by atoms with Crippen LogP contribution in [0.2, 0.25) is 0 Å². The summed E-state index contributed by atoms with van der Waals surface area (Å²) in [5.74, 6) is 3.82. The highest BCUT2D eigenvalue weighted by Gasteiger charge is 2.52. The Morgan fingerprint density at radius 2 is 0.583 bits per heavy atom. The van der Waals surface area contributed by atoms with E-state index < -0.39 is 16.2 Å². The maximum atomic E-state index is 15.5. The molecule has 0 amide bonds. The van der Waals surface area contributed by atoms with Gasteiger partial charge in [0.2, 0.25) is 0 Å². The fourth-order valence-corrected chi connectivity index (χ4v) is 17.2. The molecule has 0 N–H and O–H groups in total. The third-order valence-electron chi connectivity index (χ3n) is 21.7. The van der Waals surface area contributed by atoms with Gasteiger partial charge in [-0.3, -0.25) is 0 Å². The molecule has 15 aromatic carbocycles. The largest absolute Gasteiger partial charge is 0.457 e. The number of fused-ring (bicyclic) bond motifs is 15. The molecule has 2 atom stereocenters. The van der Waals surface area contributed by atoms with Crippen molar-refractivity contribution in [3.63, 3.8) is 0 Å². The first-order valence-corrected chi connectivity index (χ1v) is 34.8. The van der Waals surface area contributed by atoms with E-state index in [0.717, 1.165) is 129 Å². The van der Waals surface area contributed by atoms with Crippen molar-refractivity contribution in [2.45, 2.75) is 16.2 Å². The normalized spacial score (nSPS) is 15.6. The Labute approximate surface area is 597 Å². The second kappa shape index (κ2) is 24.0. The van der Waals surface area contributed by atoms with Crippen molar-refractivity contribution in [2.24, 2.45) is 0 Å². The van der Waals surface area contributed by atoms with Gasteiger partial charge in [-0.1, -0.05) is 244 Å². The quantitative estimate of drug-likeness (QED) is 0.109. The second-order valence-electron chi connectivity index (χ2n) is 26.9. The van der Waals surface area contributed by atoms with Crippen molar-refractivity contribution in [1.29, 1.82) is 0 Å². The molecule has 0 aromatic heterocycles. The molecular formula is C97H63F2NO3. The molecule has 1 heterocycles. The summed E-state index contributed by atoms with van der Waals surface area (Å²) in [5.41, 5.74) is 23.7. The van der Waals surface area contributed by atoms with Gasteiger partial charge in [0.05, 0.1) is 16.2 Å². The number of nitrogens with zero attached hydrogens (tertiary/aromatic N) is 1. The Kier molecular flexibility index (Phi) is 14.2. The highest BCUT2D eigenvalue weighted by molar-refractivity contribution is 5.94. The summed E-state index contributed by atoms with van der Waals surface area (Å²) in [5, 5.41) is 0. The molecule has 19 rings (SSSR count). The van der Waals surface area contributed by atoms with Gasteiger partial charge in [0, 0.05) is 28.2 Å². The third kappa shape index (κ3) is 9.41. The van der Waals surface area contributed by atoms with Crippen molar-refractivity contribution in [1.82, 2.24) is 0 Å². The average molecular weight is 1330 g/mol. The molecule has 0 fully saturated rings. The van der Waals surface area contributed by atoms with Crippen LogP contribution < -0.4 is 19.1 Å². The number of hydrogen-bond acceptors (Lipinski definition) is 4. The predicted molar refractivity (Wildman–Crippen MR) is 412 cm³/mol. The maximum absolute atomic E-state index is 15.5. The molecule has 103 heavy (non-hydrogen) atoms. The molecular weight excluding hydrogens is 1270 g/mol. The van der Waals surface area contributed by atoms with Crippen molar-refractivity contribution in [3.8, 4) is 79.0 Å². The molecule has 0 saturated heterocycles. The van der Waals surface area contributed by atoms with Crippen LogP contribution in [0, 0.1) is 11.6 Å². The zero-order chi connectivity index (χ0) is 69.0. The average Bonchev–Trinajstić information content (AvgIpc) is 1.56. The number of rotatable bonds is 14. The first-order valence-electron chi connectivity index (χ1n) is 34.8. The molecule has 488 valence electrons. The van der Waals surface area contributed by atoms with Crippen LogP contribution in [0.15, 0.2) is 359 Å². The molecule has 4 aliphatic rings. The molecule has 2 unspecified atom stereocenters. The topological polar surface area (TPSA) is 30.9 Å². The van der Waals surface area contributed by atoms with E-state index >= 15 is 8.78 Å². The highest BCUT2D eigenvalue weighted by atomic mass is 19.1. The van der Waals surface area contributed by atoms with Crippen LogP contribution >= 0.6 is 0 Å². The Morgan fingerprint density at radius 1 is 0.272 bits per heavy atom. The molecule has 3 aliphatic carbocycles. The zero-order valence-electron chi connectivity index (χ0n) is 55.9. The van der Waals surface area contributed by atoms with Gasteiger partial charge in [-0.15, -0.1) is 0 Å². The van der Waals surface area contributed by atoms with Crippen LogP contribution in [0.4, 0.5) is 25.8 Å². The number of hydrogen-bond donors (Lipinski definition) is 0. The lowest BCUT2D eigenvalue weighted by molar-refractivity contribution is 0.436. The zero-order valence-corrected chi connectivity index (χ0v) is 55.9. The summed E-state index contributed by atoms with van der Waals surface area (Å²) in [6, 6.07) is 119. The van der Waals surface area contributed by atoms with E-state index in [9.17, 15) is 0 Å². The number of ether oxygens (including phenoxy) is 3. The first-order chi connectivity index (χ1) is 50.7. The minimum atomic E-state index is -0.937. The van der Waals surface area contributed by atoms with Crippen LogP contribution in [-0.2, 0) is 16.2 Å². The molecule has 0 bridgehead atoms. The van der Waals surface area contributed by atoms with Crippen LogP contribution in [0.5, 0.6) is 34.5 Å². The molecule has 1 spiro atoms. The van der Waals surface area contributed by atoms with Crippen molar-refractivity contribution in [2.75, 3.05) is 4.90 Å². The lowest BCUT2D eigenvalue weighted by atomic mass is 9.66. The Hall–Kier alpha value is -13.2. The summed E-state index contributed by atoms with van der Waals surface area (Å²) >= 11 is 0. The summed E-state index contributed by atoms with van der Waals surface area (Å²) in [7, 11) is 0. The van der Waals surface area contributed by atoms with Crippen molar-refractivity contribution >= 4 is 29.2 Å². The lowest BCUT2D eigenvalue weighted by Crippen LogP contribution is -2.32. The molecule has 0 saturated carbocycles. The predicted octanol–water partition coefficient (Wildman–Crippen LogP) is 25.2. The molecule has 4 nitrogen and oxygen atoms in total. The van der Waals surface area contributed by atoms with Crippen LogP contribution in [-0.4, -0.2) is 0 Å². The summed E-state index contributed by atoms with van der Waals surface area (Å²) in [6.07, 6.45) is 3.63. The third-order valence-corrected chi connectivity index (χ3v) is 21.7. The van der Waals surface area contributed by atoms with E-state index in [1.165, 1.54) is 22.3 Å². The monoisotopic (exact) mass is 1330 g/mol. The van der Waals surface area contributed by atoms with Gasteiger partial charge in [0.25, 0.3) is 0 Å². The Balaban J connectivity index is 0.809. The van der Waals surface area contributed by atoms with Gasteiger partial charge in [0.1, 0.15) is 46.1 Å². The van der Waals surface area contributed by atoms with Gasteiger partial charge in [-0.25, -0.2) is 8.78 Å². The standard InChI is InChI=1S/C97H63F2NO3/c1-3-62-25-48-75(49-26-62)101-77-52-36-68(37-53-77)95(66-32-40-70(98)41-33-66)85-18-8-5-15-79(85)83-57-46-73(60-91(83)95)100(72-44-29-64(30-45-72)65-31-56-82-81-17-7-10-20-87(81)97(90(82)59-65)88-21-11-13-23-93(88)103-94-24-14-12-22-89(94)97)74-47-58-84-80-16-6-9-19-86(80)96(92(84)61-74,67-34-42-71(99)43-35-67)69-38-54-78(55-39-69)102-76-50-27-63(4-2)28-51-76/h3-61H,1-2H2. The van der Waals surface area contributed by atoms with E-state index in [2.05, 4.69) is 243 Å². The summed E-state index contributed by atoms with van der Waals surface area (Å²) in [4.78, 5) is 2.37. The lowest BCUT2D eigenvalue weighted by Gasteiger charge is -2.39. The van der Waals surface area contributed by atoms with E-state index in [0.29, 0.717) is 23.0 Å².